The van der Waals surface area contributed by atoms with E-state index in [4.69, 9.17) is 23.2 Å². The number of piperidine rings is 1. The lowest BCUT2D eigenvalue weighted by Gasteiger charge is -2.25. The Labute approximate surface area is 180 Å². The molecule has 0 aromatic heterocycles. The lowest BCUT2D eigenvalue weighted by Crippen LogP contribution is -3.00. The Morgan fingerprint density at radius 3 is 2.32 bits per heavy atom. The van der Waals surface area contributed by atoms with E-state index < -0.39 is 0 Å². The Morgan fingerprint density at radius 2 is 1.64 bits per heavy atom. The molecule has 2 amide bonds. The van der Waals surface area contributed by atoms with Gasteiger partial charge in [-0.05, 0) is 56.3 Å². The quantitative estimate of drug-likeness (QED) is 0.742. The highest BCUT2D eigenvalue weighted by molar-refractivity contribution is 6.35. The first-order valence-corrected chi connectivity index (χ1v) is 9.66. The van der Waals surface area contributed by atoms with Crippen LogP contribution in [0, 0.1) is 0 Å². The molecule has 0 aliphatic carbocycles. The van der Waals surface area contributed by atoms with E-state index in [1.807, 2.05) is 0 Å². The molecule has 0 spiro atoms. The van der Waals surface area contributed by atoms with Gasteiger partial charge >= 0.3 is 0 Å². The normalized spacial score (nSPS) is 14.1. The molecule has 2 N–H and O–H groups in total. The summed E-state index contributed by atoms with van der Waals surface area (Å²) in [5, 5.41) is 6.33. The van der Waals surface area contributed by atoms with Crippen LogP contribution in [0.5, 0.6) is 0 Å². The number of carbonyl (C=O) groups excluding carboxylic acids is 2. The van der Waals surface area contributed by atoms with Crippen LogP contribution in [0.2, 0.25) is 10.0 Å². The Kier molecular flexibility index (Phi) is 8.58. The third-order valence-corrected chi connectivity index (χ3v) is 5.08. The first kappa shape index (κ1) is 22.5. The van der Waals surface area contributed by atoms with Gasteiger partial charge in [0, 0.05) is 5.69 Å². The first-order chi connectivity index (χ1) is 13.0. The van der Waals surface area contributed by atoms with Crippen molar-refractivity contribution in [3.63, 3.8) is 0 Å². The van der Waals surface area contributed by atoms with Crippen LogP contribution in [-0.4, -0.2) is 36.3 Å². The van der Waals surface area contributed by atoms with Gasteiger partial charge in [-0.25, -0.2) is 0 Å². The lowest BCUT2D eigenvalue weighted by atomic mass is 10.1. The van der Waals surface area contributed by atoms with Crippen molar-refractivity contribution in [3.8, 4) is 0 Å². The zero-order valence-corrected chi connectivity index (χ0v) is 17.4. The molecule has 1 heterocycles. The first-order valence-electron chi connectivity index (χ1n) is 8.90. The van der Waals surface area contributed by atoms with Gasteiger partial charge in [-0.3, -0.25) is 14.5 Å². The number of carbonyl (C=O) groups is 2. The van der Waals surface area contributed by atoms with E-state index in [-0.39, 0.29) is 24.2 Å². The fraction of sp³-hybridized carbons (Fsp3) is 0.300. The Morgan fingerprint density at radius 1 is 0.929 bits per heavy atom. The number of benzene rings is 2. The van der Waals surface area contributed by atoms with Gasteiger partial charge < -0.3 is 23.0 Å². The summed E-state index contributed by atoms with van der Waals surface area (Å²) in [4.78, 5) is 26.7. The van der Waals surface area contributed by atoms with Gasteiger partial charge in [-0.1, -0.05) is 41.8 Å². The number of amides is 2. The smallest absolute Gasteiger partial charge is 0.257 e. The minimum absolute atomic E-state index is 0. The van der Waals surface area contributed by atoms with Gasteiger partial charge in [0.05, 0.1) is 27.8 Å². The monoisotopic (exact) mass is 440 g/mol. The summed E-state index contributed by atoms with van der Waals surface area (Å²) in [5.41, 5.74) is 1.43. The number of hydrogen-bond donors (Lipinski definition) is 2. The molecule has 8 heteroatoms. The third kappa shape index (κ3) is 6.11. The van der Waals surface area contributed by atoms with Crippen molar-refractivity contribution in [1.29, 1.82) is 0 Å². The molecule has 2 aromatic carbocycles. The lowest BCUT2D eigenvalue weighted by molar-refractivity contribution is -0.117. The maximum absolute atomic E-state index is 12.3. The number of anilines is 2. The number of hydrogen-bond acceptors (Lipinski definition) is 3. The summed E-state index contributed by atoms with van der Waals surface area (Å²) < 4.78 is 0. The summed E-state index contributed by atoms with van der Waals surface area (Å²) in [6.07, 6.45) is 3.49. The molecule has 150 valence electrons. The van der Waals surface area contributed by atoms with Gasteiger partial charge in [0.25, 0.3) is 5.91 Å². The third-order valence-electron chi connectivity index (χ3n) is 4.44. The van der Waals surface area contributed by atoms with E-state index in [2.05, 4.69) is 15.5 Å². The molecule has 1 aliphatic heterocycles. The zero-order chi connectivity index (χ0) is 19.2. The standard InChI is InChI=1S/C20H21Cl2N3O2.ClH/c21-16-7-3-2-6-15(16)20(27)23-14-8-9-18(17(22)12-14)24-19(26)13-25-10-4-1-5-11-25;/h2-3,6-9,12H,1,4-5,10-11,13H2,(H,23,27)(H,24,26);1H/p-1. The molecule has 5 nitrogen and oxygen atoms in total. The van der Waals surface area contributed by atoms with Crippen molar-refractivity contribution in [2.24, 2.45) is 0 Å². The molecule has 0 radical (unpaired) electrons. The van der Waals surface area contributed by atoms with Crippen molar-refractivity contribution >= 4 is 46.4 Å². The number of rotatable bonds is 5. The minimum atomic E-state index is -0.321. The Balaban J connectivity index is 0.00000280. The van der Waals surface area contributed by atoms with Crippen LogP contribution < -0.4 is 23.0 Å². The molecule has 1 fully saturated rings. The minimum Gasteiger partial charge on any atom is -1.00 e. The van der Waals surface area contributed by atoms with E-state index in [1.165, 1.54) is 6.42 Å². The fourth-order valence-corrected chi connectivity index (χ4v) is 3.50. The summed E-state index contributed by atoms with van der Waals surface area (Å²) >= 11 is 12.3. The molecule has 1 saturated heterocycles. The summed E-state index contributed by atoms with van der Waals surface area (Å²) in [6.45, 7) is 2.27. The predicted octanol–water partition coefficient (Wildman–Crippen LogP) is 1.67. The predicted molar refractivity (Wildman–Crippen MR) is 110 cm³/mol. The van der Waals surface area contributed by atoms with Gasteiger partial charge in [0.15, 0.2) is 0 Å². The van der Waals surface area contributed by atoms with E-state index in [9.17, 15) is 9.59 Å². The van der Waals surface area contributed by atoms with Gasteiger partial charge in [0.1, 0.15) is 0 Å². The highest BCUT2D eigenvalue weighted by Crippen LogP contribution is 2.26. The van der Waals surface area contributed by atoms with Crippen LogP contribution in [0.3, 0.4) is 0 Å². The maximum atomic E-state index is 12.3. The van der Waals surface area contributed by atoms with Crippen LogP contribution in [0.1, 0.15) is 29.6 Å². The fourth-order valence-electron chi connectivity index (χ4n) is 3.05. The molecular formula is C20H21Cl3N3O2-. The van der Waals surface area contributed by atoms with E-state index in [1.54, 1.807) is 42.5 Å². The van der Waals surface area contributed by atoms with E-state index >= 15 is 0 Å². The van der Waals surface area contributed by atoms with Crippen molar-refractivity contribution in [3.05, 3.63) is 58.1 Å². The summed E-state index contributed by atoms with van der Waals surface area (Å²) in [5.74, 6) is -0.412. The van der Waals surface area contributed by atoms with Gasteiger partial charge in [0.2, 0.25) is 5.91 Å². The molecule has 3 rings (SSSR count). The second-order valence-corrected chi connectivity index (χ2v) is 7.33. The van der Waals surface area contributed by atoms with Crippen molar-refractivity contribution in [2.75, 3.05) is 30.3 Å². The number of nitrogens with zero attached hydrogens (tertiary/aromatic N) is 1. The van der Waals surface area contributed by atoms with Gasteiger partial charge in [-0.15, -0.1) is 0 Å². The number of nitrogens with one attached hydrogen (secondary N) is 2. The van der Waals surface area contributed by atoms with E-state index in [0.29, 0.717) is 33.5 Å². The average Bonchev–Trinajstić information content (AvgIpc) is 2.65. The largest absolute Gasteiger partial charge is 1.00 e. The molecule has 2 aromatic rings. The molecule has 1 aliphatic rings. The highest BCUT2D eigenvalue weighted by atomic mass is 35.5. The second kappa shape index (κ2) is 10.7. The molecule has 0 unspecified atom stereocenters. The van der Waals surface area contributed by atoms with Crippen LogP contribution in [-0.2, 0) is 4.79 Å². The number of halogens is 3. The maximum Gasteiger partial charge on any atom is 0.257 e. The SMILES string of the molecule is O=C(CN1CCCCC1)Nc1ccc(NC(=O)c2ccccc2Cl)cc1Cl.[Cl-]. The Bertz CT molecular complexity index is 839. The topological polar surface area (TPSA) is 61.4 Å². The summed E-state index contributed by atoms with van der Waals surface area (Å²) in [6, 6.07) is 11.8. The van der Waals surface area contributed by atoms with Crippen molar-refractivity contribution in [1.82, 2.24) is 4.90 Å². The number of likely N-dealkylation sites (tertiary alicyclic amines) is 1. The average molecular weight is 442 g/mol. The van der Waals surface area contributed by atoms with Crippen LogP contribution in [0.25, 0.3) is 0 Å². The van der Waals surface area contributed by atoms with Crippen LogP contribution in [0.4, 0.5) is 11.4 Å². The molecule has 0 atom stereocenters. The molecule has 0 bridgehead atoms. The molecular weight excluding hydrogens is 421 g/mol. The highest BCUT2D eigenvalue weighted by Gasteiger charge is 2.15. The Hall–Kier alpha value is -1.79. The second-order valence-electron chi connectivity index (χ2n) is 6.51. The van der Waals surface area contributed by atoms with Crippen LogP contribution >= 0.6 is 23.2 Å². The van der Waals surface area contributed by atoms with Crippen molar-refractivity contribution in [2.45, 2.75) is 19.3 Å². The molecule has 0 saturated carbocycles. The van der Waals surface area contributed by atoms with Crippen molar-refractivity contribution < 1.29 is 22.0 Å². The molecule has 28 heavy (non-hydrogen) atoms. The zero-order valence-electron chi connectivity index (χ0n) is 15.2. The van der Waals surface area contributed by atoms with Gasteiger partial charge in [-0.2, -0.15) is 0 Å². The van der Waals surface area contributed by atoms with Crippen LogP contribution in [0.15, 0.2) is 42.5 Å². The van der Waals surface area contributed by atoms with E-state index in [0.717, 1.165) is 25.9 Å². The summed E-state index contributed by atoms with van der Waals surface area (Å²) in [7, 11) is 0.